The Bertz CT molecular complexity index is 757. The van der Waals surface area contributed by atoms with Crippen LogP contribution in [0, 0.1) is 0 Å². The first kappa shape index (κ1) is 24.4. The van der Waals surface area contributed by atoms with Gasteiger partial charge in [0.05, 0.1) is 6.61 Å². The Hall–Kier alpha value is -2.82. The normalized spacial score (nSPS) is 17.1. The molecule has 1 heterocycles. The van der Waals surface area contributed by atoms with Crippen LogP contribution >= 0.6 is 0 Å². The number of nitrogens with zero attached hydrogens (tertiary/aromatic N) is 1. The second-order valence-corrected chi connectivity index (χ2v) is 7.34. The lowest BCUT2D eigenvalue weighted by Gasteiger charge is -2.23. The lowest BCUT2D eigenvalue weighted by molar-refractivity contribution is -0.184. The van der Waals surface area contributed by atoms with Crippen LogP contribution in [0.25, 0.3) is 0 Å². The molecule has 5 N–H and O–H groups in total. The minimum Gasteiger partial charge on any atom is -0.480 e. The number of hydroxylamine groups is 2. The topological polar surface area (TPSA) is 151 Å². The molecule has 1 aromatic carbocycles. The summed E-state index contributed by atoms with van der Waals surface area (Å²) >= 11 is 0. The van der Waals surface area contributed by atoms with Gasteiger partial charge in [0.15, 0.2) is 0 Å². The Morgan fingerprint density at radius 2 is 1.94 bits per heavy atom. The quantitative estimate of drug-likeness (QED) is 0.249. The second-order valence-electron chi connectivity index (χ2n) is 7.34. The van der Waals surface area contributed by atoms with Crippen LogP contribution in [0.15, 0.2) is 30.3 Å². The molecule has 1 aliphatic rings. The van der Waals surface area contributed by atoms with E-state index >= 15 is 0 Å². The molecule has 10 nitrogen and oxygen atoms in total. The van der Waals surface area contributed by atoms with Gasteiger partial charge in [0.25, 0.3) is 5.91 Å². The van der Waals surface area contributed by atoms with Crippen LogP contribution in [0.4, 0.5) is 0 Å². The number of nitrogens with two attached hydrogens (primary N) is 1. The summed E-state index contributed by atoms with van der Waals surface area (Å²) in [4.78, 5) is 54.0. The van der Waals surface area contributed by atoms with Crippen molar-refractivity contribution >= 4 is 23.6 Å². The lowest BCUT2D eigenvalue weighted by atomic mass is 10.1. The van der Waals surface area contributed by atoms with Crippen molar-refractivity contribution in [2.75, 3.05) is 19.6 Å². The Kier molecular flexibility index (Phi) is 10.1. The molecule has 0 radical (unpaired) electrons. The van der Waals surface area contributed by atoms with Gasteiger partial charge in [-0.05, 0) is 44.2 Å². The Morgan fingerprint density at radius 3 is 2.61 bits per heavy atom. The summed E-state index contributed by atoms with van der Waals surface area (Å²) in [7, 11) is 0. The number of hydrogen-bond donors (Lipinski definition) is 4. The number of aliphatic carboxylic acids is 1. The fourth-order valence-electron chi connectivity index (χ4n) is 3.32. The van der Waals surface area contributed by atoms with Crippen molar-refractivity contribution in [3.8, 4) is 0 Å². The summed E-state index contributed by atoms with van der Waals surface area (Å²) in [5, 5.41) is 15.0. The molecule has 31 heavy (non-hydrogen) atoms. The number of Topliss-reactive ketones (excluding diaryl/α,β-unsaturated/α-hetero) is 1. The van der Waals surface area contributed by atoms with Gasteiger partial charge in [0.2, 0.25) is 11.7 Å². The number of carbonyl (C=O) groups is 4. The number of hydrogen-bond acceptors (Lipinski definition) is 7. The van der Waals surface area contributed by atoms with Crippen LogP contribution < -0.4 is 16.4 Å². The monoisotopic (exact) mass is 434 g/mol. The molecule has 1 aliphatic heterocycles. The van der Waals surface area contributed by atoms with Crippen molar-refractivity contribution < 1.29 is 29.1 Å². The van der Waals surface area contributed by atoms with Crippen molar-refractivity contribution in [3.05, 3.63) is 35.9 Å². The predicted octanol–water partition coefficient (Wildman–Crippen LogP) is -0.0337. The van der Waals surface area contributed by atoms with E-state index < -0.39 is 42.2 Å². The SMILES string of the molecule is NCCCCC(NC(=O)C(=O)C1CCCN1OCc1ccccc1)C(=O)NCC(=O)O. The number of unbranched alkanes of at least 4 members (excludes halogenated alkanes) is 1. The molecular weight excluding hydrogens is 404 g/mol. The van der Waals surface area contributed by atoms with E-state index in [2.05, 4.69) is 10.6 Å². The van der Waals surface area contributed by atoms with Crippen LogP contribution in [0.2, 0.25) is 0 Å². The summed E-state index contributed by atoms with van der Waals surface area (Å²) in [5.41, 5.74) is 6.41. The molecule has 0 spiro atoms. The molecule has 0 saturated carbocycles. The van der Waals surface area contributed by atoms with E-state index in [9.17, 15) is 19.2 Å². The number of amides is 2. The third kappa shape index (κ3) is 8.08. The van der Waals surface area contributed by atoms with Gasteiger partial charge in [-0.1, -0.05) is 30.3 Å². The highest BCUT2D eigenvalue weighted by Gasteiger charge is 2.36. The van der Waals surface area contributed by atoms with Crippen molar-refractivity contribution in [1.82, 2.24) is 15.7 Å². The molecule has 2 atom stereocenters. The van der Waals surface area contributed by atoms with Gasteiger partial charge < -0.3 is 21.5 Å². The number of ketones is 1. The molecular formula is C21H30N4O6. The van der Waals surface area contributed by atoms with Crippen molar-refractivity contribution in [3.63, 3.8) is 0 Å². The minimum atomic E-state index is -1.20. The third-order valence-corrected chi connectivity index (χ3v) is 4.95. The maximum Gasteiger partial charge on any atom is 0.322 e. The zero-order valence-corrected chi connectivity index (χ0v) is 17.4. The molecule has 2 rings (SSSR count). The van der Waals surface area contributed by atoms with E-state index in [0.29, 0.717) is 38.8 Å². The number of rotatable bonds is 13. The van der Waals surface area contributed by atoms with E-state index in [-0.39, 0.29) is 13.0 Å². The van der Waals surface area contributed by atoms with E-state index in [4.69, 9.17) is 15.7 Å². The lowest BCUT2D eigenvalue weighted by Crippen LogP contribution is -2.52. The maximum atomic E-state index is 12.7. The molecule has 170 valence electrons. The number of carboxylic acids is 1. The Morgan fingerprint density at radius 1 is 1.19 bits per heavy atom. The molecule has 1 fully saturated rings. The van der Waals surface area contributed by atoms with Crippen molar-refractivity contribution in [1.29, 1.82) is 0 Å². The molecule has 1 aromatic rings. The predicted molar refractivity (Wildman–Crippen MR) is 111 cm³/mol. The highest BCUT2D eigenvalue weighted by atomic mass is 16.7. The average molecular weight is 434 g/mol. The van der Waals surface area contributed by atoms with Crippen molar-refractivity contribution in [2.45, 2.75) is 50.8 Å². The largest absolute Gasteiger partial charge is 0.480 e. The summed E-state index contributed by atoms with van der Waals surface area (Å²) in [6, 6.07) is 7.74. The smallest absolute Gasteiger partial charge is 0.322 e. The van der Waals surface area contributed by atoms with E-state index in [1.165, 1.54) is 5.06 Å². The molecule has 0 aliphatic carbocycles. The molecule has 2 unspecified atom stereocenters. The number of benzene rings is 1. The summed E-state index contributed by atoms with van der Waals surface area (Å²) in [6.45, 7) is 0.660. The van der Waals surface area contributed by atoms with Gasteiger partial charge in [0.1, 0.15) is 18.6 Å². The zero-order chi connectivity index (χ0) is 22.6. The zero-order valence-electron chi connectivity index (χ0n) is 17.4. The molecule has 1 saturated heterocycles. The fourth-order valence-corrected chi connectivity index (χ4v) is 3.32. The van der Waals surface area contributed by atoms with Crippen LogP contribution in [0.1, 0.15) is 37.7 Å². The van der Waals surface area contributed by atoms with Crippen LogP contribution in [-0.2, 0) is 30.6 Å². The highest BCUT2D eigenvalue weighted by molar-refractivity contribution is 6.38. The van der Waals surface area contributed by atoms with Crippen LogP contribution in [-0.4, -0.2) is 65.5 Å². The Labute approximate surface area is 181 Å². The minimum absolute atomic E-state index is 0.251. The van der Waals surface area contributed by atoms with Gasteiger partial charge in [-0.3, -0.25) is 24.0 Å². The average Bonchev–Trinajstić information content (AvgIpc) is 3.24. The van der Waals surface area contributed by atoms with E-state index in [1.54, 1.807) is 0 Å². The standard InChI is InChI=1S/C21H30N4O6/c22-11-5-4-9-16(20(29)23-13-18(26)27)24-21(30)19(28)17-10-6-12-25(17)31-14-15-7-2-1-3-8-15/h1-3,7-8,16-17H,4-6,9-14,22H2,(H,23,29)(H,24,30)(H,26,27). The van der Waals surface area contributed by atoms with Crippen LogP contribution in [0.5, 0.6) is 0 Å². The number of carboxylic acid groups (broad SMARTS) is 1. The summed E-state index contributed by atoms with van der Waals surface area (Å²) < 4.78 is 0. The summed E-state index contributed by atoms with van der Waals surface area (Å²) in [5.74, 6) is -3.42. The van der Waals surface area contributed by atoms with Crippen molar-refractivity contribution in [2.24, 2.45) is 5.73 Å². The maximum absolute atomic E-state index is 12.7. The van der Waals surface area contributed by atoms with Gasteiger partial charge in [-0.15, -0.1) is 0 Å². The molecule has 0 aromatic heterocycles. The first-order chi connectivity index (χ1) is 14.9. The molecule has 2 amide bonds. The first-order valence-electron chi connectivity index (χ1n) is 10.4. The summed E-state index contributed by atoms with van der Waals surface area (Å²) in [6.07, 6.45) is 2.62. The van der Waals surface area contributed by atoms with Gasteiger partial charge in [-0.25, -0.2) is 0 Å². The van der Waals surface area contributed by atoms with Gasteiger partial charge in [0, 0.05) is 6.54 Å². The Balaban J connectivity index is 1.94. The molecule has 0 bridgehead atoms. The van der Waals surface area contributed by atoms with Crippen LogP contribution in [0.3, 0.4) is 0 Å². The van der Waals surface area contributed by atoms with Gasteiger partial charge in [-0.2, -0.15) is 5.06 Å². The van der Waals surface area contributed by atoms with E-state index in [1.807, 2.05) is 30.3 Å². The number of carbonyl (C=O) groups excluding carboxylic acids is 3. The van der Waals surface area contributed by atoms with E-state index in [0.717, 1.165) is 5.56 Å². The number of nitrogens with one attached hydrogen (secondary N) is 2. The fraction of sp³-hybridized carbons (Fsp3) is 0.524. The highest BCUT2D eigenvalue weighted by Crippen LogP contribution is 2.20. The first-order valence-corrected chi connectivity index (χ1v) is 10.4. The van der Waals surface area contributed by atoms with Gasteiger partial charge >= 0.3 is 5.97 Å². The second kappa shape index (κ2) is 12.8. The third-order valence-electron chi connectivity index (χ3n) is 4.95. The molecule has 10 heteroatoms.